The molecule has 1 heterocycles. The summed E-state index contributed by atoms with van der Waals surface area (Å²) < 4.78 is 26.6. The van der Waals surface area contributed by atoms with Crippen LogP contribution in [-0.4, -0.2) is 24.3 Å². The largest absolute Gasteiger partial charge is 0.393 e. The Morgan fingerprint density at radius 3 is 2.60 bits per heavy atom. The predicted octanol–water partition coefficient (Wildman–Crippen LogP) is 3.41. The minimum atomic E-state index is -0.607. The third kappa shape index (κ3) is 4.06. The van der Waals surface area contributed by atoms with E-state index >= 15 is 0 Å². The SMILES string of the molecule is N#Cc1cc(NCc2ccc(F)cc2F)ccc1N1CCC(O)CC1. The number of nitrogens with zero attached hydrogens (tertiary/aromatic N) is 2. The van der Waals surface area contributed by atoms with Crippen LogP contribution < -0.4 is 10.2 Å². The summed E-state index contributed by atoms with van der Waals surface area (Å²) in [6.07, 6.45) is 1.11. The molecule has 2 aromatic rings. The highest BCUT2D eigenvalue weighted by Gasteiger charge is 2.19. The highest BCUT2D eigenvalue weighted by atomic mass is 19.1. The molecule has 0 aromatic heterocycles. The Morgan fingerprint density at radius 1 is 1.16 bits per heavy atom. The van der Waals surface area contributed by atoms with E-state index in [1.165, 1.54) is 12.1 Å². The molecule has 0 radical (unpaired) electrons. The molecule has 1 aliphatic rings. The van der Waals surface area contributed by atoms with Gasteiger partial charge in [0.2, 0.25) is 0 Å². The van der Waals surface area contributed by atoms with Crippen LogP contribution in [0.5, 0.6) is 0 Å². The lowest BCUT2D eigenvalue weighted by Crippen LogP contribution is -2.36. The lowest BCUT2D eigenvalue weighted by atomic mass is 10.0. The van der Waals surface area contributed by atoms with Crippen molar-refractivity contribution in [3.8, 4) is 6.07 Å². The number of benzene rings is 2. The molecule has 1 aliphatic heterocycles. The highest BCUT2D eigenvalue weighted by molar-refractivity contribution is 5.65. The predicted molar refractivity (Wildman–Crippen MR) is 92.3 cm³/mol. The van der Waals surface area contributed by atoms with Crippen molar-refractivity contribution in [2.75, 3.05) is 23.3 Å². The molecule has 4 nitrogen and oxygen atoms in total. The normalized spacial score (nSPS) is 15.0. The molecular formula is C19H19F2N3O. The second-order valence-corrected chi connectivity index (χ2v) is 6.15. The molecule has 2 N–H and O–H groups in total. The molecule has 2 aromatic carbocycles. The Bertz CT molecular complexity index is 796. The zero-order valence-corrected chi connectivity index (χ0v) is 13.7. The maximum absolute atomic E-state index is 13.7. The third-order valence-corrected chi connectivity index (χ3v) is 4.42. The van der Waals surface area contributed by atoms with E-state index in [0.717, 1.165) is 11.8 Å². The number of rotatable bonds is 4. The summed E-state index contributed by atoms with van der Waals surface area (Å²) in [7, 11) is 0. The number of hydrogen-bond donors (Lipinski definition) is 2. The molecule has 6 heteroatoms. The van der Waals surface area contributed by atoms with Crippen molar-refractivity contribution in [3.05, 3.63) is 59.2 Å². The molecule has 0 saturated carbocycles. The minimum Gasteiger partial charge on any atom is -0.393 e. The van der Waals surface area contributed by atoms with Gasteiger partial charge in [-0.3, -0.25) is 0 Å². The van der Waals surface area contributed by atoms with Crippen molar-refractivity contribution in [1.29, 1.82) is 5.26 Å². The average molecular weight is 343 g/mol. The van der Waals surface area contributed by atoms with Gasteiger partial charge in [-0.1, -0.05) is 6.07 Å². The molecule has 1 saturated heterocycles. The van der Waals surface area contributed by atoms with Crippen molar-refractivity contribution < 1.29 is 13.9 Å². The fourth-order valence-corrected chi connectivity index (χ4v) is 2.98. The van der Waals surface area contributed by atoms with Crippen molar-refractivity contribution in [2.45, 2.75) is 25.5 Å². The summed E-state index contributed by atoms with van der Waals surface area (Å²) in [5.74, 6) is -1.21. The third-order valence-electron chi connectivity index (χ3n) is 4.42. The number of nitrogens with one attached hydrogen (secondary N) is 1. The molecule has 25 heavy (non-hydrogen) atoms. The first-order valence-electron chi connectivity index (χ1n) is 8.22. The van der Waals surface area contributed by atoms with Gasteiger partial charge in [0, 0.05) is 37.0 Å². The summed E-state index contributed by atoms with van der Waals surface area (Å²) in [6.45, 7) is 1.62. The van der Waals surface area contributed by atoms with E-state index in [-0.39, 0.29) is 12.6 Å². The van der Waals surface area contributed by atoms with E-state index in [9.17, 15) is 19.1 Å². The molecule has 0 aliphatic carbocycles. The Morgan fingerprint density at radius 2 is 1.92 bits per heavy atom. The van der Waals surface area contributed by atoms with E-state index in [1.54, 1.807) is 6.07 Å². The number of anilines is 2. The zero-order valence-electron chi connectivity index (χ0n) is 13.7. The first kappa shape index (κ1) is 17.2. The summed E-state index contributed by atoms with van der Waals surface area (Å²) in [5, 5.41) is 22.1. The van der Waals surface area contributed by atoms with Crippen LogP contribution in [0.1, 0.15) is 24.0 Å². The molecule has 1 fully saturated rings. The van der Waals surface area contributed by atoms with Crippen LogP contribution in [0.2, 0.25) is 0 Å². The van der Waals surface area contributed by atoms with Crippen molar-refractivity contribution in [3.63, 3.8) is 0 Å². The van der Waals surface area contributed by atoms with Gasteiger partial charge >= 0.3 is 0 Å². The van der Waals surface area contributed by atoms with Gasteiger partial charge < -0.3 is 15.3 Å². The Hall–Kier alpha value is -2.65. The highest BCUT2D eigenvalue weighted by Crippen LogP contribution is 2.27. The van der Waals surface area contributed by atoms with Gasteiger partial charge in [-0.2, -0.15) is 5.26 Å². The summed E-state index contributed by atoms with van der Waals surface area (Å²) in [4.78, 5) is 2.09. The van der Waals surface area contributed by atoms with Crippen molar-refractivity contribution in [1.82, 2.24) is 0 Å². The van der Waals surface area contributed by atoms with Crippen LogP contribution in [0, 0.1) is 23.0 Å². The second-order valence-electron chi connectivity index (χ2n) is 6.15. The van der Waals surface area contributed by atoms with Crippen LogP contribution in [0.4, 0.5) is 20.2 Å². The van der Waals surface area contributed by atoms with Gasteiger partial charge in [0.25, 0.3) is 0 Å². The molecule has 0 bridgehead atoms. The maximum atomic E-state index is 13.7. The molecule has 3 rings (SSSR count). The number of hydrogen-bond acceptors (Lipinski definition) is 4. The number of halogens is 2. The van der Waals surface area contributed by atoms with E-state index in [0.29, 0.717) is 42.7 Å². The Kier molecular flexibility index (Phi) is 5.15. The topological polar surface area (TPSA) is 59.3 Å². The number of aliphatic hydroxyl groups is 1. The fourth-order valence-electron chi connectivity index (χ4n) is 2.98. The van der Waals surface area contributed by atoms with E-state index in [1.807, 2.05) is 12.1 Å². The van der Waals surface area contributed by atoms with Gasteiger partial charge in [-0.05, 0) is 37.1 Å². The van der Waals surface area contributed by atoms with Crippen molar-refractivity contribution >= 4 is 11.4 Å². The minimum absolute atomic E-state index is 0.201. The quantitative estimate of drug-likeness (QED) is 0.893. The van der Waals surface area contributed by atoms with Gasteiger partial charge in [0.1, 0.15) is 17.7 Å². The van der Waals surface area contributed by atoms with E-state index in [2.05, 4.69) is 16.3 Å². The number of nitriles is 1. The summed E-state index contributed by atoms with van der Waals surface area (Å²) >= 11 is 0. The first-order valence-corrected chi connectivity index (χ1v) is 8.22. The van der Waals surface area contributed by atoms with Crippen molar-refractivity contribution in [2.24, 2.45) is 0 Å². The lowest BCUT2D eigenvalue weighted by molar-refractivity contribution is 0.145. The van der Waals surface area contributed by atoms with Gasteiger partial charge in [0.05, 0.1) is 17.4 Å². The number of aliphatic hydroxyl groups excluding tert-OH is 1. The average Bonchev–Trinajstić information content (AvgIpc) is 2.61. The smallest absolute Gasteiger partial charge is 0.131 e. The van der Waals surface area contributed by atoms with Crippen LogP contribution in [0.25, 0.3) is 0 Å². The molecular weight excluding hydrogens is 324 g/mol. The maximum Gasteiger partial charge on any atom is 0.131 e. The van der Waals surface area contributed by atoms with Crippen LogP contribution in [0.15, 0.2) is 36.4 Å². The molecule has 130 valence electrons. The standard InChI is InChI=1S/C19H19F2N3O/c20-15-2-1-13(18(21)10-15)12-23-16-3-4-19(14(9-16)11-22)24-7-5-17(25)6-8-24/h1-4,9-10,17,23,25H,5-8,12H2. The summed E-state index contributed by atoms with van der Waals surface area (Å²) in [5.41, 5.74) is 2.42. The van der Waals surface area contributed by atoms with E-state index in [4.69, 9.17) is 0 Å². The Balaban J connectivity index is 1.72. The molecule has 0 atom stereocenters. The van der Waals surface area contributed by atoms with Crippen LogP contribution >= 0.6 is 0 Å². The van der Waals surface area contributed by atoms with Crippen LogP contribution in [-0.2, 0) is 6.54 Å². The molecule has 0 spiro atoms. The monoisotopic (exact) mass is 343 g/mol. The summed E-state index contributed by atoms with van der Waals surface area (Å²) in [6, 6.07) is 11.1. The van der Waals surface area contributed by atoms with Gasteiger partial charge in [-0.25, -0.2) is 8.78 Å². The van der Waals surface area contributed by atoms with Gasteiger partial charge in [-0.15, -0.1) is 0 Å². The van der Waals surface area contributed by atoms with Crippen LogP contribution in [0.3, 0.4) is 0 Å². The first-order chi connectivity index (χ1) is 12.1. The molecule has 0 amide bonds. The Labute approximate surface area is 145 Å². The van der Waals surface area contributed by atoms with E-state index < -0.39 is 11.6 Å². The second kappa shape index (κ2) is 7.49. The fraction of sp³-hybridized carbons (Fsp3) is 0.316. The molecule has 0 unspecified atom stereocenters. The van der Waals surface area contributed by atoms with Gasteiger partial charge in [0.15, 0.2) is 0 Å². The zero-order chi connectivity index (χ0) is 17.8. The lowest BCUT2D eigenvalue weighted by Gasteiger charge is -2.32. The number of piperidine rings is 1.